The molecule has 100 valence electrons. The monoisotopic (exact) mass is 236 g/mol. The van der Waals surface area contributed by atoms with Crippen LogP contribution in [0.2, 0.25) is 0 Å². The van der Waals surface area contributed by atoms with Crippen LogP contribution in [0.25, 0.3) is 12.7 Å². The maximum atomic E-state index is 3.86. The van der Waals surface area contributed by atoms with Crippen molar-refractivity contribution in [1.29, 1.82) is 0 Å². The summed E-state index contributed by atoms with van der Waals surface area (Å²) in [5, 5.41) is 2.18. The zero-order chi connectivity index (χ0) is 13.4. The molecular formula is C17H32. The summed E-state index contributed by atoms with van der Waals surface area (Å²) >= 11 is 0. The van der Waals surface area contributed by atoms with Crippen LogP contribution in [0, 0.1) is 0 Å². The Morgan fingerprint density at radius 1 is 0.882 bits per heavy atom. The zero-order valence-corrected chi connectivity index (χ0v) is 11.9. The van der Waals surface area contributed by atoms with Gasteiger partial charge in [0.1, 0.15) is 0 Å². The standard InChI is InChI=1S/C10H10.3C2H6.CH4/c1-3-6-10-8-5-4-7-9(10)2;3*1-2;/h3-8H,1-2H2;3*1-2H3;1H4/b10-6-;;;;. The molecule has 1 aromatic carbocycles. The predicted molar refractivity (Wildman–Crippen MR) is 86.7 cm³/mol. The van der Waals surface area contributed by atoms with Gasteiger partial charge >= 0.3 is 0 Å². The molecule has 0 aliphatic carbocycles. The molecule has 0 aromatic heterocycles. The van der Waals surface area contributed by atoms with Gasteiger partial charge in [0, 0.05) is 0 Å². The van der Waals surface area contributed by atoms with Crippen molar-refractivity contribution in [3.63, 3.8) is 0 Å². The topological polar surface area (TPSA) is 0 Å². The van der Waals surface area contributed by atoms with Crippen molar-refractivity contribution in [3.8, 4) is 0 Å². The first-order valence-electron chi connectivity index (χ1n) is 6.21. The van der Waals surface area contributed by atoms with Crippen molar-refractivity contribution in [3.05, 3.63) is 47.4 Å². The minimum Gasteiger partial charge on any atom is -0.0990 e. The molecule has 0 aliphatic heterocycles. The van der Waals surface area contributed by atoms with Gasteiger partial charge in [-0.15, -0.1) is 0 Å². The third-order valence-electron chi connectivity index (χ3n) is 1.35. The molecule has 0 atom stereocenters. The highest BCUT2D eigenvalue weighted by Gasteiger charge is 1.75. The molecular weight excluding hydrogens is 204 g/mol. The third kappa shape index (κ3) is 14.7. The number of rotatable bonds is 1. The summed E-state index contributed by atoms with van der Waals surface area (Å²) in [5.41, 5.74) is 0. The first kappa shape index (κ1) is 24.8. The first-order chi connectivity index (χ1) is 7.84. The molecule has 0 saturated heterocycles. The minimum atomic E-state index is 0. The van der Waals surface area contributed by atoms with Crippen molar-refractivity contribution in [1.82, 2.24) is 0 Å². The van der Waals surface area contributed by atoms with Crippen molar-refractivity contribution >= 4 is 12.7 Å². The summed E-state index contributed by atoms with van der Waals surface area (Å²) in [6.07, 6.45) is 3.71. The van der Waals surface area contributed by atoms with Crippen LogP contribution in [0.3, 0.4) is 0 Å². The molecule has 0 amide bonds. The van der Waals surface area contributed by atoms with E-state index in [-0.39, 0.29) is 7.43 Å². The van der Waals surface area contributed by atoms with Crippen molar-refractivity contribution in [2.24, 2.45) is 0 Å². The second-order valence-corrected chi connectivity index (χ2v) is 2.10. The Balaban J connectivity index is -0.000000106. The molecule has 0 spiro atoms. The van der Waals surface area contributed by atoms with E-state index in [4.69, 9.17) is 0 Å². The lowest BCUT2D eigenvalue weighted by Crippen LogP contribution is -2.21. The van der Waals surface area contributed by atoms with Gasteiger partial charge < -0.3 is 0 Å². The highest BCUT2D eigenvalue weighted by atomic mass is 13.8. The van der Waals surface area contributed by atoms with Crippen LogP contribution in [0.5, 0.6) is 0 Å². The van der Waals surface area contributed by atoms with Crippen LogP contribution in [0.15, 0.2) is 36.9 Å². The molecule has 0 aliphatic rings. The molecule has 17 heavy (non-hydrogen) atoms. The lowest BCUT2D eigenvalue weighted by Gasteiger charge is -1.83. The number of hydrogen-bond acceptors (Lipinski definition) is 0. The van der Waals surface area contributed by atoms with E-state index in [1.165, 1.54) is 0 Å². The molecule has 1 rings (SSSR count). The fourth-order valence-electron chi connectivity index (χ4n) is 0.824. The van der Waals surface area contributed by atoms with Gasteiger partial charge in [0.25, 0.3) is 0 Å². The lowest BCUT2D eigenvalue weighted by atomic mass is 10.2. The number of benzene rings is 1. The summed E-state index contributed by atoms with van der Waals surface area (Å²) in [4.78, 5) is 0. The van der Waals surface area contributed by atoms with Gasteiger partial charge in [-0.05, 0) is 10.4 Å². The van der Waals surface area contributed by atoms with Gasteiger partial charge in [-0.25, -0.2) is 0 Å². The molecule has 0 fully saturated rings. The molecule has 0 bridgehead atoms. The van der Waals surface area contributed by atoms with Crippen LogP contribution in [-0.2, 0) is 0 Å². The molecule has 0 radical (unpaired) electrons. The van der Waals surface area contributed by atoms with Crippen LogP contribution >= 0.6 is 0 Å². The van der Waals surface area contributed by atoms with Gasteiger partial charge in [-0.1, -0.05) is 98.5 Å². The molecule has 0 heterocycles. The van der Waals surface area contributed by atoms with Gasteiger partial charge in [-0.2, -0.15) is 0 Å². The second-order valence-electron chi connectivity index (χ2n) is 2.10. The zero-order valence-electron chi connectivity index (χ0n) is 11.9. The maximum Gasteiger partial charge on any atom is -0.0190 e. The summed E-state index contributed by atoms with van der Waals surface area (Å²) in [5.74, 6) is 0. The quantitative estimate of drug-likeness (QED) is 0.658. The Morgan fingerprint density at radius 2 is 1.29 bits per heavy atom. The SMILES string of the molecule is C.C=C/C=c1/ccccc1=C.CC.CC.CC. The highest BCUT2D eigenvalue weighted by molar-refractivity contribution is 5.35. The van der Waals surface area contributed by atoms with Crippen LogP contribution < -0.4 is 10.4 Å². The fourth-order valence-corrected chi connectivity index (χ4v) is 0.824. The van der Waals surface area contributed by atoms with E-state index in [0.717, 1.165) is 10.4 Å². The smallest absolute Gasteiger partial charge is 0.0190 e. The Bertz CT molecular complexity index is 320. The van der Waals surface area contributed by atoms with Gasteiger partial charge in [-0.3, -0.25) is 0 Å². The summed E-state index contributed by atoms with van der Waals surface area (Å²) < 4.78 is 0. The van der Waals surface area contributed by atoms with Crippen LogP contribution in [0.4, 0.5) is 0 Å². The molecule has 0 N–H and O–H groups in total. The second kappa shape index (κ2) is 24.1. The van der Waals surface area contributed by atoms with E-state index in [1.54, 1.807) is 6.08 Å². The Morgan fingerprint density at radius 3 is 1.65 bits per heavy atom. The molecule has 0 nitrogen and oxygen atoms in total. The van der Waals surface area contributed by atoms with Crippen molar-refractivity contribution in [2.75, 3.05) is 0 Å². The van der Waals surface area contributed by atoms with E-state index in [9.17, 15) is 0 Å². The average Bonchev–Trinajstić information content (AvgIpc) is 2.40. The Labute approximate surface area is 109 Å². The van der Waals surface area contributed by atoms with Gasteiger partial charge in [0.15, 0.2) is 0 Å². The molecule has 0 saturated carbocycles. The highest BCUT2D eigenvalue weighted by Crippen LogP contribution is 1.70. The van der Waals surface area contributed by atoms with Crippen LogP contribution in [0.1, 0.15) is 49.0 Å². The summed E-state index contributed by atoms with van der Waals surface area (Å²) in [7, 11) is 0. The largest absolute Gasteiger partial charge is 0.0990 e. The summed E-state index contributed by atoms with van der Waals surface area (Å²) in [6.45, 7) is 19.5. The van der Waals surface area contributed by atoms with Crippen molar-refractivity contribution < 1.29 is 0 Å². The summed E-state index contributed by atoms with van der Waals surface area (Å²) in [6, 6.07) is 7.96. The van der Waals surface area contributed by atoms with E-state index < -0.39 is 0 Å². The lowest BCUT2D eigenvalue weighted by molar-refractivity contribution is 1.50. The average molecular weight is 236 g/mol. The predicted octanol–water partition coefficient (Wildman–Crippen LogP) is 4.78. The molecule has 1 aromatic rings. The van der Waals surface area contributed by atoms with Crippen LogP contribution in [-0.4, -0.2) is 0 Å². The Kier molecular flexibility index (Phi) is 35.1. The minimum absolute atomic E-state index is 0. The number of hydrogen-bond donors (Lipinski definition) is 0. The Hall–Kier alpha value is -1.30. The van der Waals surface area contributed by atoms with E-state index in [1.807, 2.05) is 71.9 Å². The number of allylic oxidation sites excluding steroid dienone is 1. The first-order valence-corrected chi connectivity index (χ1v) is 6.21. The van der Waals surface area contributed by atoms with Crippen molar-refractivity contribution in [2.45, 2.75) is 49.0 Å². The van der Waals surface area contributed by atoms with E-state index >= 15 is 0 Å². The third-order valence-corrected chi connectivity index (χ3v) is 1.35. The van der Waals surface area contributed by atoms with Gasteiger partial charge in [0.2, 0.25) is 0 Å². The molecule has 0 heteroatoms. The van der Waals surface area contributed by atoms with E-state index in [0.29, 0.717) is 0 Å². The maximum absolute atomic E-state index is 3.86. The molecule has 0 unspecified atom stereocenters. The fraction of sp³-hybridized carbons (Fsp3) is 0.412. The normalized spacial score (nSPS) is 7.76. The van der Waals surface area contributed by atoms with E-state index in [2.05, 4.69) is 13.2 Å². The van der Waals surface area contributed by atoms with Gasteiger partial charge in [0.05, 0.1) is 0 Å².